The lowest BCUT2D eigenvalue weighted by Gasteiger charge is -2.43. The normalized spacial score (nSPS) is 21.2. The van der Waals surface area contributed by atoms with E-state index in [1.54, 1.807) is 0 Å². The lowest BCUT2D eigenvalue weighted by atomic mass is 9.62. The Labute approximate surface area is 127 Å². The first-order valence-electron chi connectivity index (χ1n) is 7.92. The lowest BCUT2D eigenvalue weighted by Crippen LogP contribution is -2.50. The minimum atomic E-state index is -0.224. The summed E-state index contributed by atoms with van der Waals surface area (Å²) in [5.74, 6) is -0.460. The molecule has 0 aromatic heterocycles. The van der Waals surface area contributed by atoms with Crippen molar-refractivity contribution >= 4 is 11.8 Å². The van der Waals surface area contributed by atoms with Gasteiger partial charge >= 0.3 is 0 Å². The van der Waals surface area contributed by atoms with Crippen molar-refractivity contribution in [3.63, 3.8) is 0 Å². The molecule has 1 aromatic carbocycles. The van der Waals surface area contributed by atoms with Crippen molar-refractivity contribution in [2.24, 2.45) is 5.41 Å². The Bertz CT molecular complexity index is 513. The predicted molar refractivity (Wildman–Crippen MR) is 83.9 cm³/mol. The summed E-state index contributed by atoms with van der Waals surface area (Å²) in [5, 5.41) is 2.54. The molecule has 0 aliphatic carbocycles. The van der Waals surface area contributed by atoms with E-state index in [4.69, 9.17) is 0 Å². The molecular formula is C18H25NO2. The number of aryl methyl sites for hydroxylation is 1. The number of carbonyl (C=O) groups excluding carboxylic acids is 2. The predicted octanol–water partition coefficient (Wildman–Crippen LogP) is 3.71. The standard InChI is InChI=1S/C18H25NO2/c1-4-10-18(11-5-2)12-15(20)19-17(21)16(18)14-8-6-13(3)7-9-14/h6-9,16H,4-5,10-12H2,1-3H3,(H,19,20,21). The second-order valence-electron chi connectivity index (χ2n) is 6.30. The fraction of sp³-hybridized carbons (Fsp3) is 0.556. The molecule has 114 valence electrons. The van der Waals surface area contributed by atoms with Gasteiger partial charge < -0.3 is 0 Å². The molecule has 1 N–H and O–H groups in total. The molecule has 1 fully saturated rings. The van der Waals surface area contributed by atoms with Crippen molar-refractivity contribution in [2.75, 3.05) is 0 Å². The van der Waals surface area contributed by atoms with Crippen LogP contribution in [0, 0.1) is 12.3 Å². The zero-order valence-electron chi connectivity index (χ0n) is 13.2. The van der Waals surface area contributed by atoms with Gasteiger partial charge in [0.25, 0.3) is 0 Å². The molecule has 1 saturated heterocycles. The monoisotopic (exact) mass is 287 g/mol. The highest BCUT2D eigenvalue weighted by Gasteiger charge is 2.47. The number of rotatable bonds is 5. The molecule has 1 aliphatic rings. The number of hydrogen-bond acceptors (Lipinski definition) is 2. The minimum absolute atomic E-state index is 0.120. The van der Waals surface area contributed by atoms with Crippen LogP contribution in [-0.2, 0) is 9.59 Å². The van der Waals surface area contributed by atoms with E-state index in [9.17, 15) is 9.59 Å². The third-order valence-corrected chi connectivity index (χ3v) is 4.56. The maximum atomic E-state index is 12.5. The Morgan fingerprint density at radius 2 is 1.67 bits per heavy atom. The number of carbonyl (C=O) groups is 2. The first-order chi connectivity index (χ1) is 10.0. The second-order valence-corrected chi connectivity index (χ2v) is 6.30. The first-order valence-corrected chi connectivity index (χ1v) is 7.92. The molecule has 2 rings (SSSR count). The zero-order chi connectivity index (χ0) is 15.5. The Kier molecular flexibility index (Phi) is 4.81. The van der Waals surface area contributed by atoms with Crippen LogP contribution >= 0.6 is 0 Å². The van der Waals surface area contributed by atoms with Crippen LogP contribution in [0.25, 0.3) is 0 Å². The summed E-state index contributed by atoms with van der Waals surface area (Å²) in [7, 11) is 0. The molecule has 1 atom stereocenters. The van der Waals surface area contributed by atoms with E-state index in [0.717, 1.165) is 31.2 Å². The van der Waals surface area contributed by atoms with E-state index in [2.05, 4.69) is 19.2 Å². The molecule has 21 heavy (non-hydrogen) atoms. The van der Waals surface area contributed by atoms with Crippen LogP contribution in [0.5, 0.6) is 0 Å². The largest absolute Gasteiger partial charge is 0.296 e. The highest BCUT2D eigenvalue weighted by atomic mass is 16.2. The van der Waals surface area contributed by atoms with Gasteiger partial charge in [-0.1, -0.05) is 56.5 Å². The van der Waals surface area contributed by atoms with Crippen molar-refractivity contribution in [3.8, 4) is 0 Å². The molecular weight excluding hydrogens is 262 g/mol. The lowest BCUT2D eigenvalue weighted by molar-refractivity contribution is -0.140. The maximum Gasteiger partial charge on any atom is 0.234 e. The van der Waals surface area contributed by atoms with Gasteiger partial charge in [0.1, 0.15) is 0 Å². The Morgan fingerprint density at radius 1 is 1.10 bits per heavy atom. The highest BCUT2D eigenvalue weighted by Crippen LogP contribution is 2.48. The third kappa shape index (κ3) is 3.17. The Balaban J connectivity index is 2.46. The quantitative estimate of drug-likeness (QED) is 0.839. The molecule has 1 heterocycles. The van der Waals surface area contributed by atoms with Crippen LogP contribution in [-0.4, -0.2) is 11.8 Å². The SMILES string of the molecule is CCCC1(CCC)CC(=O)NC(=O)C1c1ccc(C)cc1. The molecule has 1 aliphatic heterocycles. The van der Waals surface area contributed by atoms with Crippen molar-refractivity contribution in [1.29, 1.82) is 0 Å². The van der Waals surface area contributed by atoms with Gasteiger partial charge in [-0.2, -0.15) is 0 Å². The summed E-state index contributed by atoms with van der Waals surface area (Å²) >= 11 is 0. The van der Waals surface area contributed by atoms with Crippen molar-refractivity contribution < 1.29 is 9.59 Å². The zero-order valence-corrected chi connectivity index (χ0v) is 13.2. The van der Waals surface area contributed by atoms with E-state index >= 15 is 0 Å². The molecule has 3 heteroatoms. The molecule has 0 radical (unpaired) electrons. The summed E-state index contributed by atoms with van der Waals surface area (Å²) in [6.07, 6.45) is 4.27. The maximum absolute atomic E-state index is 12.5. The van der Waals surface area contributed by atoms with Crippen LogP contribution in [0.4, 0.5) is 0 Å². The van der Waals surface area contributed by atoms with Crippen molar-refractivity contribution in [1.82, 2.24) is 5.32 Å². The highest BCUT2D eigenvalue weighted by molar-refractivity contribution is 6.02. The average Bonchev–Trinajstić information content (AvgIpc) is 2.40. The van der Waals surface area contributed by atoms with Gasteiger partial charge in [-0.15, -0.1) is 0 Å². The van der Waals surface area contributed by atoms with E-state index in [-0.39, 0.29) is 23.1 Å². The van der Waals surface area contributed by atoms with E-state index in [1.165, 1.54) is 5.56 Å². The number of amides is 2. The summed E-state index contributed by atoms with van der Waals surface area (Å²) in [5.41, 5.74) is 1.99. The number of hydrogen-bond donors (Lipinski definition) is 1. The van der Waals surface area contributed by atoms with Gasteiger partial charge in [-0.05, 0) is 30.7 Å². The van der Waals surface area contributed by atoms with Gasteiger partial charge in [-0.25, -0.2) is 0 Å². The fourth-order valence-electron chi connectivity index (χ4n) is 3.80. The molecule has 2 amide bonds. The van der Waals surface area contributed by atoms with Gasteiger partial charge in [0, 0.05) is 6.42 Å². The van der Waals surface area contributed by atoms with Gasteiger partial charge in [0.2, 0.25) is 11.8 Å². The topological polar surface area (TPSA) is 46.2 Å². The molecule has 0 bridgehead atoms. The summed E-state index contributed by atoms with van der Waals surface area (Å²) < 4.78 is 0. The van der Waals surface area contributed by atoms with Gasteiger partial charge in [-0.3, -0.25) is 14.9 Å². The van der Waals surface area contributed by atoms with E-state index in [0.29, 0.717) is 6.42 Å². The molecule has 0 saturated carbocycles. The fourth-order valence-corrected chi connectivity index (χ4v) is 3.80. The van der Waals surface area contributed by atoms with Gasteiger partial charge in [0.05, 0.1) is 5.92 Å². The third-order valence-electron chi connectivity index (χ3n) is 4.56. The first kappa shape index (κ1) is 15.7. The number of nitrogens with one attached hydrogen (secondary N) is 1. The molecule has 1 unspecified atom stereocenters. The second kappa shape index (κ2) is 6.42. The van der Waals surface area contributed by atoms with E-state index < -0.39 is 0 Å². The summed E-state index contributed by atoms with van der Waals surface area (Å²) in [6, 6.07) is 8.16. The van der Waals surface area contributed by atoms with Crippen molar-refractivity contribution in [3.05, 3.63) is 35.4 Å². The smallest absolute Gasteiger partial charge is 0.234 e. The summed E-state index contributed by atoms with van der Waals surface area (Å²) in [6.45, 7) is 6.29. The number of benzene rings is 1. The minimum Gasteiger partial charge on any atom is -0.296 e. The van der Waals surface area contributed by atoms with Crippen LogP contribution in [0.1, 0.15) is 63.0 Å². The Hall–Kier alpha value is -1.64. The average molecular weight is 287 g/mol. The van der Waals surface area contributed by atoms with Crippen LogP contribution in [0.2, 0.25) is 0 Å². The number of piperidine rings is 1. The van der Waals surface area contributed by atoms with E-state index in [1.807, 2.05) is 31.2 Å². The van der Waals surface area contributed by atoms with Crippen LogP contribution in [0.15, 0.2) is 24.3 Å². The summed E-state index contributed by atoms with van der Waals surface area (Å²) in [4.78, 5) is 24.5. The van der Waals surface area contributed by atoms with Crippen LogP contribution < -0.4 is 5.32 Å². The van der Waals surface area contributed by atoms with Crippen LogP contribution in [0.3, 0.4) is 0 Å². The Morgan fingerprint density at radius 3 is 2.19 bits per heavy atom. The molecule has 0 spiro atoms. The van der Waals surface area contributed by atoms with Gasteiger partial charge in [0.15, 0.2) is 0 Å². The van der Waals surface area contributed by atoms with Crippen molar-refractivity contribution in [2.45, 2.75) is 58.8 Å². The number of imide groups is 1. The molecule has 3 nitrogen and oxygen atoms in total. The molecule has 1 aromatic rings.